The van der Waals surface area contributed by atoms with E-state index < -0.39 is 39.3 Å². The summed E-state index contributed by atoms with van der Waals surface area (Å²) in [5, 5.41) is 2.60. The maximum absolute atomic E-state index is 12.4. The first kappa shape index (κ1) is 30.1. The van der Waals surface area contributed by atoms with Gasteiger partial charge in [-0.1, -0.05) is 18.2 Å². The molecule has 0 aromatic heterocycles. The Labute approximate surface area is 212 Å². The van der Waals surface area contributed by atoms with Gasteiger partial charge in [0.05, 0.1) is 28.7 Å². The summed E-state index contributed by atoms with van der Waals surface area (Å²) in [4.78, 5) is 38.3. The molecule has 3 N–H and O–H groups in total. The van der Waals surface area contributed by atoms with Crippen LogP contribution in [0.3, 0.4) is 0 Å². The number of hydrogen-bond acceptors (Lipinski definition) is 7. The largest absolute Gasteiger partial charge is 0.456 e. The molecule has 0 saturated heterocycles. The number of sulfone groups is 1. The molecular weight excluding hydrogens is 494 g/mol. The smallest absolute Gasteiger partial charge is 0.338 e. The van der Waals surface area contributed by atoms with Crippen LogP contribution in [0, 0.1) is 0 Å². The molecule has 0 saturated carbocycles. The number of halogens is 1. The van der Waals surface area contributed by atoms with Crippen molar-refractivity contribution in [1.82, 2.24) is 4.90 Å². The van der Waals surface area contributed by atoms with Crippen molar-refractivity contribution in [3.63, 3.8) is 0 Å². The van der Waals surface area contributed by atoms with Crippen LogP contribution in [0.1, 0.15) is 37.6 Å². The van der Waals surface area contributed by atoms with E-state index >= 15 is 0 Å². The number of esters is 1. The fraction of sp³-hybridized carbons (Fsp3) is 0.375. The number of nitrogens with two attached hydrogens (primary N) is 1. The highest BCUT2D eigenvalue weighted by atomic mass is 35.5. The summed E-state index contributed by atoms with van der Waals surface area (Å²) in [6, 6.07) is 12.9. The molecule has 0 fully saturated rings. The van der Waals surface area contributed by atoms with E-state index in [0.29, 0.717) is 11.3 Å². The van der Waals surface area contributed by atoms with Gasteiger partial charge >= 0.3 is 5.97 Å². The van der Waals surface area contributed by atoms with Crippen molar-refractivity contribution in [3.8, 4) is 0 Å². The molecule has 2 aromatic rings. The van der Waals surface area contributed by atoms with Gasteiger partial charge in [0.15, 0.2) is 9.84 Å². The van der Waals surface area contributed by atoms with E-state index in [1.54, 1.807) is 39.0 Å². The number of anilines is 1. The second kappa shape index (κ2) is 12.7. The van der Waals surface area contributed by atoms with E-state index in [-0.39, 0.29) is 36.0 Å². The standard InChI is InChI=1S/C24H31N3O6S.ClH/c1-24(2,3)33-23(30)17-10-12-18(13-11-17)26-22(29)20(25)16-21(28)27(4)14-15-34(31,32)19-8-6-5-7-9-19;/h5-13,20H,14-16,25H2,1-4H3,(H,26,29);1H/t20-;/m0./s1. The minimum atomic E-state index is -3.53. The van der Waals surface area contributed by atoms with Gasteiger partial charge in [0, 0.05) is 19.3 Å². The monoisotopic (exact) mass is 525 g/mol. The van der Waals surface area contributed by atoms with Gasteiger partial charge in [0.25, 0.3) is 0 Å². The van der Waals surface area contributed by atoms with E-state index in [9.17, 15) is 22.8 Å². The van der Waals surface area contributed by atoms with Crippen LogP contribution in [0.5, 0.6) is 0 Å². The molecule has 0 bridgehead atoms. The number of nitrogens with one attached hydrogen (secondary N) is 1. The van der Waals surface area contributed by atoms with Crippen molar-refractivity contribution in [2.75, 3.05) is 24.7 Å². The predicted octanol–water partition coefficient (Wildman–Crippen LogP) is 2.65. The lowest BCUT2D eigenvalue weighted by Crippen LogP contribution is -2.41. The predicted molar refractivity (Wildman–Crippen MR) is 136 cm³/mol. The first-order valence-corrected chi connectivity index (χ1v) is 12.4. The highest BCUT2D eigenvalue weighted by molar-refractivity contribution is 7.91. The minimum absolute atomic E-state index is 0. The zero-order chi connectivity index (χ0) is 25.5. The van der Waals surface area contributed by atoms with Crippen LogP contribution in [0.25, 0.3) is 0 Å². The molecular formula is C24H32ClN3O6S. The van der Waals surface area contributed by atoms with Crippen LogP contribution in [0.2, 0.25) is 0 Å². The summed E-state index contributed by atoms with van der Waals surface area (Å²) >= 11 is 0. The average molecular weight is 526 g/mol. The number of benzene rings is 2. The summed E-state index contributed by atoms with van der Waals surface area (Å²) in [5.41, 5.74) is 5.99. The number of rotatable bonds is 9. The average Bonchev–Trinajstić information content (AvgIpc) is 2.77. The van der Waals surface area contributed by atoms with Gasteiger partial charge in [0.2, 0.25) is 11.8 Å². The van der Waals surface area contributed by atoms with Crippen molar-refractivity contribution in [1.29, 1.82) is 0 Å². The molecule has 9 nitrogen and oxygen atoms in total. The van der Waals surface area contributed by atoms with Crippen LogP contribution in [-0.2, 0) is 24.2 Å². The van der Waals surface area contributed by atoms with Crippen molar-refractivity contribution >= 4 is 45.7 Å². The topological polar surface area (TPSA) is 136 Å². The third kappa shape index (κ3) is 9.67. The van der Waals surface area contributed by atoms with Gasteiger partial charge in [0.1, 0.15) is 5.60 Å². The van der Waals surface area contributed by atoms with Gasteiger partial charge in [-0.25, -0.2) is 13.2 Å². The first-order valence-electron chi connectivity index (χ1n) is 10.7. The fourth-order valence-electron chi connectivity index (χ4n) is 2.83. The molecule has 2 amide bonds. The summed E-state index contributed by atoms with van der Waals surface area (Å²) in [6.07, 6.45) is -0.288. The van der Waals surface area contributed by atoms with E-state index in [1.165, 1.54) is 48.3 Å². The molecule has 2 rings (SSSR count). The third-order valence-corrected chi connectivity index (χ3v) is 6.45. The number of hydrogen-bond donors (Lipinski definition) is 2. The van der Waals surface area contributed by atoms with E-state index in [4.69, 9.17) is 10.5 Å². The number of amides is 2. The Kier molecular flexibility index (Phi) is 10.9. The van der Waals surface area contributed by atoms with Crippen LogP contribution < -0.4 is 11.1 Å². The Bertz CT molecular complexity index is 1120. The second-order valence-corrected chi connectivity index (χ2v) is 10.9. The Hall–Kier alpha value is -2.95. The lowest BCUT2D eigenvalue weighted by atomic mass is 10.1. The van der Waals surface area contributed by atoms with E-state index in [1.807, 2.05) is 0 Å². The second-order valence-electron chi connectivity index (χ2n) is 8.83. The Morgan fingerprint density at radius 2 is 1.60 bits per heavy atom. The molecule has 11 heteroatoms. The fourth-order valence-corrected chi connectivity index (χ4v) is 4.15. The van der Waals surface area contributed by atoms with Gasteiger partial charge in [-0.2, -0.15) is 0 Å². The van der Waals surface area contributed by atoms with Crippen LogP contribution >= 0.6 is 12.4 Å². The number of carbonyl (C=O) groups is 3. The number of nitrogens with zero attached hydrogens (tertiary/aromatic N) is 1. The summed E-state index contributed by atoms with van der Waals surface area (Å²) in [7, 11) is -2.07. The lowest BCUT2D eigenvalue weighted by Gasteiger charge is -2.20. The molecule has 0 radical (unpaired) electrons. The van der Waals surface area contributed by atoms with Crippen molar-refractivity contribution in [3.05, 3.63) is 60.2 Å². The molecule has 192 valence electrons. The molecule has 0 aliphatic heterocycles. The van der Waals surface area contributed by atoms with Crippen molar-refractivity contribution in [2.24, 2.45) is 5.73 Å². The molecule has 0 aliphatic rings. The lowest BCUT2D eigenvalue weighted by molar-refractivity contribution is -0.132. The molecule has 2 aromatic carbocycles. The molecule has 0 unspecified atom stereocenters. The van der Waals surface area contributed by atoms with Crippen LogP contribution in [-0.4, -0.2) is 62.1 Å². The van der Waals surface area contributed by atoms with E-state index in [2.05, 4.69) is 5.32 Å². The normalized spacial score (nSPS) is 12.1. The first-order chi connectivity index (χ1) is 15.8. The van der Waals surface area contributed by atoms with Crippen LogP contribution in [0.15, 0.2) is 59.5 Å². The molecule has 0 spiro atoms. The van der Waals surface area contributed by atoms with Crippen molar-refractivity contribution in [2.45, 2.75) is 43.7 Å². The third-order valence-electron chi connectivity index (χ3n) is 4.74. The molecule has 35 heavy (non-hydrogen) atoms. The Morgan fingerprint density at radius 3 is 2.14 bits per heavy atom. The zero-order valence-electron chi connectivity index (χ0n) is 20.2. The molecule has 0 heterocycles. The SMILES string of the molecule is CN(CCS(=O)(=O)c1ccccc1)C(=O)C[C@H](N)C(=O)Nc1ccc(C(=O)OC(C)(C)C)cc1.Cl. The van der Waals surface area contributed by atoms with Gasteiger partial charge < -0.3 is 20.7 Å². The highest BCUT2D eigenvalue weighted by Crippen LogP contribution is 2.15. The Morgan fingerprint density at radius 1 is 1.03 bits per heavy atom. The van der Waals surface area contributed by atoms with E-state index in [0.717, 1.165) is 0 Å². The molecule has 0 aliphatic carbocycles. The maximum atomic E-state index is 12.4. The zero-order valence-corrected chi connectivity index (χ0v) is 21.8. The summed E-state index contributed by atoms with van der Waals surface area (Å²) < 4.78 is 30.0. The number of carbonyl (C=O) groups excluding carboxylic acids is 3. The van der Waals surface area contributed by atoms with Gasteiger partial charge in [-0.15, -0.1) is 12.4 Å². The molecule has 1 atom stereocenters. The quantitative estimate of drug-likeness (QED) is 0.480. The van der Waals surface area contributed by atoms with Gasteiger partial charge in [-0.3, -0.25) is 9.59 Å². The highest BCUT2D eigenvalue weighted by Gasteiger charge is 2.22. The minimum Gasteiger partial charge on any atom is -0.456 e. The van der Waals surface area contributed by atoms with Crippen LogP contribution in [0.4, 0.5) is 5.69 Å². The summed E-state index contributed by atoms with van der Waals surface area (Å²) in [6.45, 7) is 5.27. The van der Waals surface area contributed by atoms with Gasteiger partial charge in [-0.05, 0) is 57.2 Å². The number of ether oxygens (including phenoxy) is 1. The summed E-state index contributed by atoms with van der Waals surface area (Å²) in [5.74, 6) is -1.76. The maximum Gasteiger partial charge on any atom is 0.338 e. The Balaban J connectivity index is 0.00000612. The van der Waals surface area contributed by atoms with Crippen molar-refractivity contribution < 1.29 is 27.5 Å².